The number of benzene rings is 2. The van der Waals surface area contributed by atoms with Gasteiger partial charge < -0.3 is 4.57 Å². The van der Waals surface area contributed by atoms with Crippen LogP contribution in [0.1, 0.15) is 31.7 Å². The molecular weight excluding hydrogens is 270 g/mol. The van der Waals surface area contributed by atoms with E-state index in [-0.39, 0.29) is 0 Å². The molecule has 0 saturated carbocycles. The first kappa shape index (κ1) is 14.3. The maximum absolute atomic E-state index is 8.89. The van der Waals surface area contributed by atoms with Crippen molar-refractivity contribution in [2.24, 2.45) is 0 Å². The van der Waals surface area contributed by atoms with E-state index in [2.05, 4.69) is 42.7 Å². The molecule has 22 heavy (non-hydrogen) atoms. The van der Waals surface area contributed by atoms with Gasteiger partial charge in [-0.05, 0) is 41.8 Å². The lowest BCUT2D eigenvalue weighted by Crippen LogP contribution is -2.01. The van der Waals surface area contributed by atoms with Gasteiger partial charge in [-0.25, -0.2) is 4.98 Å². The molecule has 0 atom stereocenters. The predicted octanol–water partition coefficient (Wildman–Crippen LogP) is 4.55. The molecule has 3 heteroatoms. The third kappa shape index (κ3) is 2.48. The van der Waals surface area contributed by atoms with Gasteiger partial charge in [0.1, 0.15) is 5.82 Å². The zero-order valence-electron chi connectivity index (χ0n) is 13.0. The van der Waals surface area contributed by atoms with Gasteiger partial charge >= 0.3 is 0 Å². The van der Waals surface area contributed by atoms with E-state index in [1.54, 1.807) is 0 Å². The van der Waals surface area contributed by atoms with Crippen LogP contribution in [0.4, 0.5) is 0 Å². The van der Waals surface area contributed by atoms with Crippen molar-refractivity contribution in [2.75, 3.05) is 0 Å². The lowest BCUT2D eigenvalue weighted by atomic mass is 10.0. The fraction of sp³-hybridized carbons (Fsp3) is 0.263. The smallest absolute Gasteiger partial charge is 0.109 e. The molecule has 0 N–H and O–H groups in total. The van der Waals surface area contributed by atoms with Crippen LogP contribution in [0.3, 0.4) is 0 Å². The number of hydrogen-bond acceptors (Lipinski definition) is 2. The van der Waals surface area contributed by atoms with E-state index in [1.165, 1.54) is 5.52 Å². The van der Waals surface area contributed by atoms with Crippen molar-refractivity contribution in [3.63, 3.8) is 0 Å². The van der Waals surface area contributed by atoms with E-state index < -0.39 is 0 Å². The molecule has 3 rings (SSSR count). The first-order valence-electron chi connectivity index (χ1n) is 7.76. The molecule has 0 amide bonds. The van der Waals surface area contributed by atoms with Crippen molar-refractivity contribution in [3.05, 3.63) is 53.9 Å². The van der Waals surface area contributed by atoms with E-state index in [9.17, 15) is 0 Å². The zero-order chi connectivity index (χ0) is 15.5. The lowest BCUT2D eigenvalue weighted by Gasteiger charge is -2.06. The summed E-state index contributed by atoms with van der Waals surface area (Å²) in [5, 5.41) is 8.89. The minimum atomic E-state index is 0.685. The average Bonchev–Trinajstić information content (AvgIpc) is 2.92. The first-order valence-corrected chi connectivity index (χ1v) is 7.76. The number of rotatable bonds is 4. The van der Waals surface area contributed by atoms with Gasteiger partial charge in [-0.2, -0.15) is 5.26 Å². The Hall–Kier alpha value is -2.60. The quantitative estimate of drug-likeness (QED) is 0.707. The van der Waals surface area contributed by atoms with Crippen molar-refractivity contribution in [1.29, 1.82) is 5.26 Å². The summed E-state index contributed by atoms with van der Waals surface area (Å²) in [7, 11) is 0. The lowest BCUT2D eigenvalue weighted by molar-refractivity contribution is 0.659. The normalized spacial score (nSPS) is 10.8. The average molecular weight is 289 g/mol. The molecule has 0 spiro atoms. The zero-order valence-corrected chi connectivity index (χ0v) is 13.0. The molecule has 0 unspecified atom stereocenters. The second-order valence-electron chi connectivity index (χ2n) is 5.43. The van der Waals surface area contributed by atoms with Crippen LogP contribution in [0.25, 0.3) is 22.2 Å². The summed E-state index contributed by atoms with van der Waals surface area (Å²) in [6, 6.07) is 16.3. The van der Waals surface area contributed by atoms with Crippen molar-refractivity contribution >= 4 is 11.0 Å². The van der Waals surface area contributed by atoms with E-state index in [0.29, 0.717) is 5.56 Å². The molecule has 3 nitrogen and oxygen atoms in total. The molecule has 0 saturated heterocycles. The SMILES string of the molecule is CCCn1c(CC)nc2cc(-c3ccc(C#N)cc3)ccc21. The fourth-order valence-electron chi connectivity index (χ4n) is 2.84. The van der Waals surface area contributed by atoms with E-state index in [0.717, 1.165) is 41.9 Å². The second-order valence-corrected chi connectivity index (χ2v) is 5.43. The summed E-state index contributed by atoms with van der Waals surface area (Å²) >= 11 is 0. The highest BCUT2D eigenvalue weighted by molar-refractivity contribution is 5.82. The highest BCUT2D eigenvalue weighted by atomic mass is 15.1. The Kier molecular flexibility index (Phi) is 3.93. The van der Waals surface area contributed by atoms with Crippen molar-refractivity contribution in [3.8, 4) is 17.2 Å². The van der Waals surface area contributed by atoms with Gasteiger partial charge in [-0.1, -0.05) is 32.0 Å². The van der Waals surface area contributed by atoms with Crippen LogP contribution in [0, 0.1) is 11.3 Å². The third-order valence-corrected chi connectivity index (χ3v) is 3.94. The van der Waals surface area contributed by atoms with E-state index in [4.69, 9.17) is 10.2 Å². The van der Waals surface area contributed by atoms with Gasteiger partial charge in [0.25, 0.3) is 0 Å². The number of nitrogens with zero attached hydrogens (tertiary/aromatic N) is 3. The highest BCUT2D eigenvalue weighted by Crippen LogP contribution is 2.25. The molecular formula is C19H19N3. The van der Waals surface area contributed by atoms with Crippen LogP contribution in [-0.2, 0) is 13.0 Å². The number of fused-ring (bicyclic) bond motifs is 1. The minimum absolute atomic E-state index is 0.685. The first-order chi connectivity index (χ1) is 10.8. The molecule has 1 heterocycles. The minimum Gasteiger partial charge on any atom is -0.328 e. The van der Waals surface area contributed by atoms with Gasteiger partial charge in [0, 0.05) is 13.0 Å². The Morgan fingerprint density at radius 3 is 2.41 bits per heavy atom. The summed E-state index contributed by atoms with van der Waals surface area (Å²) in [6.45, 7) is 5.35. The maximum Gasteiger partial charge on any atom is 0.109 e. The number of imidazole rings is 1. The van der Waals surface area contributed by atoms with Crippen molar-refractivity contribution in [1.82, 2.24) is 9.55 Å². The summed E-state index contributed by atoms with van der Waals surface area (Å²) in [4.78, 5) is 4.78. The standard InChI is InChI=1S/C19H19N3/c1-3-11-22-18-10-9-16(12-17(18)21-19(22)4-2)15-7-5-14(13-20)6-8-15/h5-10,12H,3-4,11H2,1-2H3. The predicted molar refractivity (Wildman–Crippen MR) is 89.6 cm³/mol. The van der Waals surface area contributed by atoms with Crippen LogP contribution in [0.15, 0.2) is 42.5 Å². The van der Waals surface area contributed by atoms with Gasteiger partial charge in [0.05, 0.1) is 22.7 Å². The van der Waals surface area contributed by atoms with Crippen molar-refractivity contribution < 1.29 is 0 Å². The van der Waals surface area contributed by atoms with Gasteiger partial charge in [-0.15, -0.1) is 0 Å². The summed E-state index contributed by atoms with van der Waals surface area (Å²) < 4.78 is 2.32. The van der Waals surface area contributed by atoms with Crippen molar-refractivity contribution in [2.45, 2.75) is 33.2 Å². The third-order valence-electron chi connectivity index (χ3n) is 3.94. The van der Waals surface area contributed by atoms with E-state index >= 15 is 0 Å². The maximum atomic E-state index is 8.89. The van der Waals surface area contributed by atoms with E-state index in [1.807, 2.05) is 24.3 Å². The molecule has 0 aliphatic heterocycles. The van der Waals surface area contributed by atoms with Gasteiger partial charge in [-0.3, -0.25) is 0 Å². The Labute approximate surface area is 130 Å². The fourth-order valence-corrected chi connectivity index (χ4v) is 2.84. The number of aromatic nitrogens is 2. The highest BCUT2D eigenvalue weighted by Gasteiger charge is 2.09. The Balaban J connectivity index is 2.07. The van der Waals surface area contributed by atoms with Gasteiger partial charge in [0.15, 0.2) is 0 Å². The summed E-state index contributed by atoms with van der Waals surface area (Å²) in [6.07, 6.45) is 2.05. The van der Waals surface area contributed by atoms with Crippen LogP contribution in [0.5, 0.6) is 0 Å². The molecule has 0 bridgehead atoms. The Bertz CT molecular complexity index is 835. The summed E-state index contributed by atoms with van der Waals surface area (Å²) in [5.74, 6) is 1.15. The molecule has 0 fully saturated rings. The van der Waals surface area contributed by atoms with Gasteiger partial charge in [0.2, 0.25) is 0 Å². The van der Waals surface area contributed by atoms with Crippen LogP contribution in [-0.4, -0.2) is 9.55 Å². The molecule has 0 aliphatic carbocycles. The molecule has 0 aliphatic rings. The molecule has 110 valence electrons. The topological polar surface area (TPSA) is 41.6 Å². The van der Waals surface area contributed by atoms with Crippen LogP contribution >= 0.6 is 0 Å². The number of hydrogen-bond donors (Lipinski definition) is 0. The second kappa shape index (κ2) is 6.03. The van der Waals surface area contributed by atoms with Crippen LogP contribution in [0.2, 0.25) is 0 Å². The molecule has 0 radical (unpaired) electrons. The number of aryl methyl sites for hydroxylation is 2. The summed E-state index contributed by atoms with van der Waals surface area (Å²) in [5.41, 5.74) is 5.19. The van der Waals surface area contributed by atoms with Crippen LogP contribution < -0.4 is 0 Å². The molecule has 2 aromatic carbocycles. The molecule has 1 aromatic heterocycles. The largest absolute Gasteiger partial charge is 0.328 e. The molecule has 3 aromatic rings. The number of nitriles is 1. The Morgan fingerprint density at radius 1 is 1.05 bits per heavy atom. The Morgan fingerprint density at radius 2 is 1.77 bits per heavy atom. The monoisotopic (exact) mass is 289 g/mol.